The Kier molecular flexibility index (Phi) is 5.82. The van der Waals surface area contributed by atoms with Crippen molar-refractivity contribution < 1.29 is 22.7 Å². The van der Waals surface area contributed by atoms with Gasteiger partial charge in [-0.15, -0.1) is 0 Å². The lowest BCUT2D eigenvalue weighted by Crippen LogP contribution is -2.30. The number of benzene rings is 2. The number of sulfonamides is 1. The minimum absolute atomic E-state index is 0.100. The summed E-state index contributed by atoms with van der Waals surface area (Å²) in [5, 5.41) is 0. The summed E-state index contributed by atoms with van der Waals surface area (Å²) in [5.41, 5.74) is 1.15. The van der Waals surface area contributed by atoms with E-state index in [1.54, 1.807) is 12.1 Å². The van der Waals surface area contributed by atoms with Gasteiger partial charge in [0.2, 0.25) is 10.0 Å². The summed E-state index contributed by atoms with van der Waals surface area (Å²) in [4.78, 5) is 11.8. The van der Waals surface area contributed by atoms with Crippen molar-refractivity contribution >= 4 is 16.0 Å². The Hall–Kier alpha value is -2.38. The molecule has 2 aromatic rings. The molecular weight excluding hydrogens is 366 g/mol. The molecule has 1 aliphatic heterocycles. The van der Waals surface area contributed by atoms with Crippen LogP contribution in [0.25, 0.3) is 0 Å². The number of hydrogen-bond donors (Lipinski definition) is 0. The lowest BCUT2D eigenvalue weighted by atomic mass is 10.1. The fourth-order valence-corrected chi connectivity index (χ4v) is 5.08. The lowest BCUT2D eigenvalue weighted by Gasteiger charge is -2.24. The fraction of sp³-hybridized carbons (Fsp3) is 0.350. The zero-order valence-electron chi connectivity index (χ0n) is 15.4. The lowest BCUT2D eigenvalue weighted by molar-refractivity contribution is 0.0600. The Morgan fingerprint density at radius 1 is 1.19 bits per heavy atom. The summed E-state index contributed by atoms with van der Waals surface area (Å²) in [7, 11) is -2.46. The highest BCUT2D eigenvalue weighted by Gasteiger charge is 2.36. The minimum Gasteiger partial charge on any atom is -0.494 e. The molecule has 0 radical (unpaired) electrons. The Balaban J connectivity index is 1.90. The number of rotatable bonds is 6. The van der Waals surface area contributed by atoms with Gasteiger partial charge in [0.05, 0.1) is 30.2 Å². The van der Waals surface area contributed by atoms with E-state index in [0.29, 0.717) is 13.2 Å². The van der Waals surface area contributed by atoms with Crippen LogP contribution in [0.1, 0.15) is 41.7 Å². The molecule has 7 heteroatoms. The van der Waals surface area contributed by atoms with E-state index in [0.717, 1.165) is 24.2 Å². The second kappa shape index (κ2) is 8.10. The van der Waals surface area contributed by atoms with Crippen molar-refractivity contribution in [3.05, 3.63) is 59.7 Å². The third-order valence-electron chi connectivity index (χ3n) is 4.64. The second-order valence-corrected chi connectivity index (χ2v) is 8.19. The van der Waals surface area contributed by atoms with Gasteiger partial charge in [-0.3, -0.25) is 0 Å². The number of hydrogen-bond acceptors (Lipinski definition) is 5. The van der Waals surface area contributed by atoms with E-state index in [1.165, 1.54) is 23.5 Å². The molecule has 1 heterocycles. The number of methoxy groups -OCH3 is 1. The van der Waals surface area contributed by atoms with Crippen molar-refractivity contribution in [2.24, 2.45) is 0 Å². The van der Waals surface area contributed by atoms with E-state index >= 15 is 0 Å². The van der Waals surface area contributed by atoms with Gasteiger partial charge in [0, 0.05) is 6.54 Å². The van der Waals surface area contributed by atoms with Gasteiger partial charge in [0.1, 0.15) is 5.75 Å². The highest BCUT2D eigenvalue weighted by atomic mass is 32.2. The highest BCUT2D eigenvalue weighted by Crippen LogP contribution is 2.37. The van der Waals surface area contributed by atoms with Crippen LogP contribution in [0.4, 0.5) is 0 Å². The molecule has 27 heavy (non-hydrogen) atoms. The van der Waals surface area contributed by atoms with Crippen LogP contribution in [0.15, 0.2) is 53.4 Å². The molecule has 3 rings (SSSR count). The maximum atomic E-state index is 13.2. The zero-order chi connectivity index (χ0) is 19.4. The van der Waals surface area contributed by atoms with Gasteiger partial charge in [0.15, 0.2) is 0 Å². The quantitative estimate of drug-likeness (QED) is 0.708. The number of carbonyl (C=O) groups excluding carboxylic acids is 1. The molecule has 0 N–H and O–H groups in total. The number of carbonyl (C=O) groups is 1. The maximum Gasteiger partial charge on any atom is 0.337 e. The first kappa shape index (κ1) is 19.4. The molecule has 0 bridgehead atoms. The topological polar surface area (TPSA) is 72.9 Å². The van der Waals surface area contributed by atoms with Gasteiger partial charge >= 0.3 is 5.97 Å². The standard InChI is InChI=1S/C20H23NO5S/c1-3-26-17-11-9-15(10-12-17)19-8-5-13-21(19)27(23,24)18-7-4-6-16(14-18)20(22)25-2/h4,6-7,9-12,14,19H,3,5,8,13H2,1-2H3. The molecule has 1 unspecified atom stereocenters. The summed E-state index contributed by atoms with van der Waals surface area (Å²) < 4.78 is 38.1. The van der Waals surface area contributed by atoms with E-state index in [9.17, 15) is 13.2 Å². The molecule has 0 amide bonds. The molecule has 1 aliphatic rings. The minimum atomic E-state index is -3.73. The third kappa shape index (κ3) is 3.99. The van der Waals surface area contributed by atoms with Gasteiger partial charge in [0.25, 0.3) is 0 Å². The number of nitrogens with zero attached hydrogens (tertiary/aromatic N) is 1. The average Bonchev–Trinajstić information content (AvgIpc) is 3.19. The van der Waals surface area contributed by atoms with Gasteiger partial charge in [-0.2, -0.15) is 4.31 Å². The van der Waals surface area contributed by atoms with E-state index in [4.69, 9.17) is 9.47 Å². The van der Waals surface area contributed by atoms with Crippen molar-refractivity contribution in [3.63, 3.8) is 0 Å². The first-order chi connectivity index (χ1) is 13.0. The Labute approximate surface area is 159 Å². The summed E-state index contributed by atoms with van der Waals surface area (Å²) in [6, 6.07) is 13.3. The van der Waals surface area contributed by atoms with Crippen LogP contribution >= 0.6 is 0 Å². The first-order valence-corrected chi connectivity index (χ1v) is 10.3. The maximum absolute atomic E-state index is 13.2. The second-order valence-electron chi connectivity index (χ2n) is 6.30. The summed E-state index contributed by atoms with van der Waals surface area (Å²) in [5.74, 6) is 0.205. The van der Waals surface area contributed by atoms with Crippen LogP contribution in [-0.4, -0.2) is 39.0 Å². The molecule has 144 valence electrons. The monoisotopic (exact) mass is 389 g/mol. The molecule has 6 nitrogen and oxygen atoms in total. The molecule has 0 spiro atoms. The van der Waals surface area contributed by atoms with E-state index in [1.807, 2.05) is 31.2 Å². The first-order valence-electron chi connectivity index (χ1n) is 8.90. The van der Waals surface area contributed by atoms with Crippen LogP contribution in [-0.2, 0) is 14.8 Å². The molecule has 1 atom stereocenters. The Morgan fingerprint density at radius 3 is 2.59 bits per heavy atom. The molecule has 2 aromatic carbocycles. The van der Waals surface area contributed by atoms with E-state index in [2.05, 4.69) is 0 Å². The van der Waals surface area contributed by atoms with Gasteiger partial charge in [-0.1, -0.05) is 18.2 Å². The highest BCUT2D eigenvalue weighted by molar-refractivity contribution is 7.89. The zero-order valence-corrected chi connectivity index (χ0v) is 16.2. The SMILES string of the molecule is CCOc1ccc(C2CCCN2S(=O)(=O)c2cccc(C(=O)OC)c2)cc1. The van der Waals surface area contributed by atoms with Gasteiger partial charge in [-0.05, 0) is 55.7 Å². The molecule has 0 aromatic heterocycles. The van der Waals surface area contributed by atoms with Crippen molar-refractivity contribution in [1.82, 2.24) is 4.31 Å². The Bertz CT molecular complexity index is 908. The summed E-state index contributed by atoms with van der Waals surface area (Å²) in [6.45, 7) is 2.95. The van der Waals surface area contributed by atoms with Crippen LogP contribution in [0.2, 0.25) is 0 Å². The molecule has 0 saturated carbocycles. The fourth-order valence-electron chi connectivity index (χ4n) is 3.35. The predicted octanol–water partition coefficient (Wildman–Crippen LogP) is 3.40. The number of esters is 1. The van der Waals surface area contributed by atoms with E-state index < -0.39 is 16.0 Å². The predicted molar refractivity (Wildman–Crippen MR) is 101 cm³/mol. The smallest absolute Gasteiger partial charge is 0.337 e. The summed E-state index contributed by atoms with van der Waals surface area (Å²) >= 11 is 0. The molecule has 1 fully saturated rings. The normalized spacial score (nSPS) is 17.6. The number of ether oxygens (including phenoxy) is 2. The van der Waals surface area contributed by atoms with Gasteiger partial charge in [-0.25, -0.2) is 13.2 Å². The van der Waals surface area contributed by atoms with E-state index in [-0.39, 0.29) is 16.5 Å². The van der Waals surface area contributed by atoms with Crippen molar-refractivity contribution in [2.75, 3.05) is 20.3 Å². The van der Waals surface area contributed by atoms with Crippen LogP contribution in [0, 0.1) is 0 Å². The Morgan fingerprint density at radius 2 is 1.93 bits per heavy atom. The van der Waals surface area contributed by atoms with Crippen molar-refractivity contribution in [1.29, 1.82) is 0 Å². The molecular formula is C20H23NO5S. The summed E-state index contributed by atoms with van der Waals surface area (Å²) in [6.07, 6.45) is 1.54. The average molecular weight is 389 g/mol. The van der Waals surface area contributed by atoms with Crippen molar-refractivity contribution in [2.45, 2.75) is 30.7 Å². The van der Waals surface area contributed by atoms with Crippen LogP contribution in [0.5, 0.6) is 5.75 Å². The van der Waals surface area contributed by atoms with Crippen LogP contribution < -0.4 is 4.74 Å². The van der Waals surface area contributed by atoms with Crippen LogP contribution in [0.3, 0.4) is 0 Å². The van der Waals surface area contributed by atoms with Gasteiger partial charge < -0.3 is 9.47 Å². The third-order valence-corrected chi connectivity index (χ3v) is 6.55. The molecule has 1 saturated heterocycles. The molecule has 0 aliphatic carbocycles. The largest absolute Gasteiger partial charge is 0.494 e. The van der Waals surface area contributed by atoms with Crippen molar-refractivity contribution in [3.8, 4) is 5.75 Å².